The molecule has 2 aliphatic heterocycles. The number of methoxy groups -OCH3 is 2. The Balaban J connectivity index is 1.19. The number of aryl methyl sites for hydroxylation is 1. The lowest BCUT2D eigenvalue weighted by Crippen LogP contribution is -2.58. The second kappa shape index (κ2) is 19.5. The molecule has 1 saturated heterocycles. The molecule has 6 rings (SSSR count). The lowest BCUT2D eigenvalue weighted by atomic mass is 9.93. The number of carbonyl (C=O) groups excluding carboxylic acids is 5. The van der Waals surface area contributed by atoms with Crippen molar-refractivity contribution in [3.63, 3.8) is 0 Å². The fraction of sp³-hybridized carbons (Fsp3) is 0.348. The number of carbonyl (C=O) groups is 6. The molecule has 15 heteroatoms. The van der Waals surface area contributed by atoms with Gasteiger partial charge in [0.15, 0.2) is 6.17 Å². The first-order valence-electron chi connectivity index (χ1n) is 20.3. The number of ether oxygens (including phenoxy) is 2. The number of benzene rings is 4. The first-order valence-corrected chi connectivity index (χ1v) is 20.3. The van der Waals surface area contributed by atoms with Crippen LogP contribution in [0.1, 0.15) is 65.7 Å². The first kappa shape index (κ1) is 43.8. The van der Waals surface area contributed by atoms with E-state index in [0.717, 1.165) is 24.0 Å². The van der Waals surface area contributed by atoms with E-state index < -0.39 is 48.0 Å². The highest BCUT2D eigenvalue weighted by molar-refractivity contribution is 5.97. The summed E-state index contributed by atoms with van der Waals surface area (Å²) in [6.07, 6.45) is 1.12. The molecule has 4 aromatic carbocycles. The molecule has 0 saturated carbocycles. The molecule has 4 bridgehead atoms. The van der Waals surface area contributed by atoms with Crippen molar-refractivity contribution in [3.8, 4) is 33.8 Å². The van der Waals surface area contributed by atoms with Crippen LogP contribution in [-0.2, 0) is 36.8 Å². The number of aliphatic carboxylic acids is 1. The second-order valence-electron chi connectivity index (χ2n) is 15.2. The summed E-state index contributed by atoms with van der Waals surface area (Å²) in [5, 5.41) is 17.6. The van der Waals surface area contributed by atoms with E-state index in [9.17, 15) is 33.9 Å². The molecule has 1 fully saturated rings. The molecule has 4 aromatic rings. The maximum atomic E-state index is 14.4. The summed E-state index contributed by atoms with van der Waals surface area (Å²) in [5.74, 6) is -3.46. The molecular formula is C46H52N6O9. The van der Waals surface area contributed by atoms with E-state index in [1.54, 1.807) is 48.5 Å². The van der Waals surface area contributed by atoms with Crippen LogP contribution in [0.4, 0.5) is 0 Å². The predicted octanol–water partition coefficient (Wildman–Crippen LogP) is 3.83. The van der Waals surface area contributed by atoms with E-state index in [0.29, 0.717) is 58.7 Å². The van der Waals surface area contributed by atoms with Crippen LogP contribution >= 0.6 is 0 Å². The highest BCUT2D eigenvalue weighted by atomic mass is 16.5. The lowest BCUT2D eigenvalue weighted by Gasteiger charge is -2.33. The Morgan fingerprint density at radius 3 is 2.15 bits per heavy atom. The molecule has 320 valence electrons. The van der Waals surface area contributed by atoms with Gasteiger partial charge in [0.1, 0.15) is 29.6 Å². The summed E-state index contributed by atoms with van der Waals surface area (Å²) in [4.78, 5) is 83.3. The molecule has 0 spiro atoms. The van der Waals surface area contributed by atoms with Crippen molar-refractivity contribution in [3.05, 3.63) is 107 Å². The quantitative estimate of drug-likeness (QED) is 0.139. The zero-order valence-corrected chi connectivity index (χ0v) is 34.7. The van der Waals surface area contributed by atoms with Crippen LogP contribution in [0.2, 0.25) is 0 Å². The summed E-state index contributed by atoms with van der Waals surface area (Å²) < 4.78 is 11.4. The van der Waals surface area contributed by atoms with Gasteiger partial charge in [-0.3, -0.25) is 24.0 Å². The van der Waals surface area contributed by atoms with Gasteiger partial charge in [0.05, 0.1) is 14.2 Å². The first-order chi connectivity index (χ1) is 29.3. The number of hydrogen-bond donors (Lipinski definition) is 5. The van der Waals surface area contributed by atoms with Gasteiger partial charge in [-0.2, -0.15) is 0 Å². The van der Waals surface area contributed by atoms with Crippen molar-refractivity contribution in [2.75, 3.05) is 34.4 Å². The number of carboxylic acids is 1. The molecular weight excluding hydrogens is 781 g/mol. The molecule has 0 aromatic heterocycles. The maximum absolute atomic E-state index is 14.4. The molecule has 2 aliphatic rings. The third-order valence-electron chi connectivity index (χ3n) is 11.2. The van der Waals surface area contributed by atoms with Gasteiger partial charge in [-0.25, -0.2) is 4.79 Å². The van der Waals surface area contributed by atoms with Crippen molar-refractivity contribution in [1.82, 2.24) is 25.8 Å². The Morgan fingerprint density at radius 2 is 1.51 bits per heavy atom. The topological polar surface area (TPSA) is 210 Å². The Bertz CT molecular complexity index is 2280. The number of rotatable bonds is 12. The zero-order chi connectivity index (χ0) is 43.8. The normalized spacial score (nSPS) is 18.9. The molecule has 2 heterocycles. The molecule has 0 unspecified atom stereocenters. The minimum atomic E-state index is -1.67. The second-order valence-corrected chi connectivity index (χ2v) is 15.2. The van der Waals surface area contributed by atoms with E-state index in [4.69, 9.17) is 15.2 Å². The Kier molecular flexibility index (Phi) is 14.0. The lowest BCUT2D eigenvalue weighted by molar-refractivity contribution is -0.147. The van der Waals surface area contributed by atoms with E-state index >= 15 is 0 Å². The standard InChI is InChI=1S/C46H52N6O9/c1-5-7-27-9-12-29(13-10-27)30-14-16-31(17-15-30)42(54)48-22-21-39(53)52-23-6-8-36(52)45(57)51(2)40-32-18-20-38(61-4)34(26-32)33-24-28(11-19-37(33)60-3)25-35(46(58)59)49-44(56)41(47)50-43(40)55/h9-20,24,26,35-36,40-41H,5-8,21-23,25,47H2,1-4H3,(H,48,54)(H,49,56)(H,50,55)(H,58,59)/t35-,36+,40-,41+/m0/s1. The summed E-state index contributed by atoms with van der Waals surface area (Å²) in [5.41, 5.74) is 11.8. The Hall–Kier alpha value is -6.74. The van der Waals surface area contributed by atoms with Gasteiger partial charge >= 0.3 is 5.97 Å². The van der Waals surface area contributed by atoms with Crippen molar-refractivity contribution >= 4 is 35.5 Å². The monoisotopic (exact) mass is 832 g/mol. The zero-order valence-electron chi connectivity index (χ0n) is 34.7. The smallest absolute Gasteiger partial charge is 0.326 e. The number of nitrogens with two attached hydrogens (primary N) is 1. The molecule has 15 nitrogen and oxygen atoms in total. The fourth-order valence-electron chi connectivity index (χ4n) is 7.92. The SMILES string of the molecule is CCCc1ccc(-c2ccc(C(=O)NCCC(=O)N3CCC[C@@H]3C(=O)N(C)[C@@H]3C(=O)N[C@@H](N)C(=O)N[C@H](C(=O)O)Cc4ccc(OC)c(c4)-c4cc3ccc4OC)cc2)cc1. The van der Waals surface area contributed by atoms with Gasteiger partial charge in [-0.05, 0) is 83.5 Å². The Morgan fingerprint density at radius 1 is 0.869 bits per heavy atom. The molecule has 5 amide bonds. The number of fused-ring (bicyclic) bond motifs is 5. The number of amides is 5. The van der Waals surface area contributed by atoms with E-state index in [1.165, 1.54) is 36.6 Å². The van der Waals surface area contributed by atoms with Crippen molar-refractivity contribution < 1.29 is 43.3 Å². The van der Waals surface area contributed by atoms with Crippen LogP contribution in [0.25, 0.3) is 22.3 Å². The van der Waals surface area contributed by atoms with Crippen LogP contribution in [0.3, 0.4) is 0 Å². The maximum Gasteiger partial charge on any atom is 0.326 e. The number of nitrogens with one attached hydrogen (secondary N) is 3. The van der Waals surface area contributed by atoms with Gasteiger partial charge in [0.25, 0.3) is 11.8 Å². The largest absolute Gasteiger partial charge is 0.496 e. The molecule has 0 aliphatic carbocycles. The van der Waals surface area contributed by atoms with Crippen LogP contribution in [0.5, 0.6) is 11.5 Å². The third-order valence-corrected chi connectivity index (χ3v) is 11.2. The number of nitrogens with zero attached hydrogens (tertiary/aromatic N) is 2. The van der Waals surface area contributed by atoms with Gasteiger partial charge in [-0.15, -0.1) is 0 Å². The van der Waals surface area contributed by atoms with Gasteiger partial charge in [-0.1, -0.05) is 61.9 Å². The number of hydrogen-bond acceptors (Lipinski definition) is 9. The van der Waals surface area contributed by atoms with Crippen LogP contribution in [0, 0.1) is 0 Å². The van der Waals surface area contributed by atoms with Crippen molar-refractivity contribution in [2.24, 2.45) is 5.73 Å². The molecule has 6 N–H and O–H groups in total. The van der Waals surface area contributed by atoms with E-state index in [2.05, 4.69) is 47.1 Å². The van der Waals surface area contributed by atoms with Gasteiger partial charge in [0.2, 0.25) is 17.7 Å². The summed E-state index contributed by atoms with van der Waals surface area (Å²) >= 11 is 0. The highest BCUT2D eigenvalue weighted by Gasteiger charge is 2.40. The van der Waals surface area contributed by atoms with Crippen molar-refractivity contribution in [2.45, 2.75) is 69.7 Å². The van der Waals surface area contributed by atoms with Crippen LogP contribution < -0.4 is 31.2 Å². The molecule has 61 heavy (non-hydrogen) atoms. The fourth-order valence-corrected chi connectivity index (χ4v) is 7.92. The number of carboxylic acid groups (broad SMARTS) is 1. The number of likely N-dealkylation sites (tertiary alicyclic amines) is 1. The number of likely N-dealkylation sites (N-methyl/N-ethyl adjacent to an activating group) is 1. The van der Waals surface area contributed by atoms with Crippen LogP contribution in [0.15, 0.2) is 84.9 Å². The average Bonchev–Trinajstić information content (AvgIpc) is 3.76. The summed E-state index contributed by atoms with van der Waals surface area (Å²) in [7, 11) is 4.39. The predicted molar refractivity (Wildman–Crippen MR) is 227 cm³/mol. The van der Waals surface area contributed by atoms with Crippen LogP contribution in [-0.4, -0.2) is 103 Å². The van der Waals surface area contributed by atoms with Gasteiger partial charge < -0.3 is 46.1 Å². The summed E-state index contributed by atoms with van der Waals surface area (Å²) in [6.45, 7) is 2.48. The third kappa shape index (κ3) is 10.0. The van der Waals surface area contributed by atoms with E-state index in [1.807, 2.05) is 12.1 Å². The van der Waals surface area contributed by atoms with Crippen molar-refractivity contribution in [1.29, 1.82) is 0 Å². The minimum Gasteiger partial charge on any atom is -0.496 e. The summed E-state index contributed by atoms with van der Waals surface area (Å²) in [6, 6.07) is 21.9. The molecule has 0 radical (unpaired) electrons. The average molecular weight is 833 g/mol. The molecule has 4 atom stereocenters. The minimum absolute atomic E-state index is 0.0402. The van der Waals surface area contributed by atoms with E-state index in [-0.39, 0.29) is 31.2 Å². The Labute approximate surface area is 354 Å². The van der Waals surface area contributed by atoms with Gasteiger partial charge in [0, 0.05) is 49.7 Å². The highest BCUT2D eigenvalue weighted by Crippen LogP contribution is 2.40.